The van der Waals surface area contributed by atoms with Gasteiger partial charge < -0.3 is 5.32 Å². The standard InChI is InChI=1S/C19H25N/c1-5-17-8-10-19(11-9-17)16(4)20-13-18-7-6-14(2)15(3)12-18/h6-12,16,20H,5,13H2,1-4H3. The summed E-state index contributed by atoms with van der Waals surface area (Å²) >= 11 is 0. The maximum Gasteiger partial charge on any atom is 0.0294 e. The average Bonchev–Trinajstić information content (AvgIpc) is 2.48. The predicted octanol–water partition coefficient (Wildman–Crippen LogP) is 4.72. The summed E-state index contributed by atoms with van der Waals surface area (Å²) < 4.78 is 0. The van der Waals surface area contributed by atoms with Gasteiger partial charge in [0.15, 0.2) is 0 Å². The Morgan fingerprint density at radius 1 is 0.900 bits per heavy atom. The second-order valence-electron chi connectivity index (χ2n) is 5.62. The van der Waals surface area contributed by atoms with Crippen LogP contribution in [0.25, 0.3) is 0 Å². The number of nitrogens with one attached hydrogen (secondary N) is 1. The predicted molar refractivity (Wildman–Crippen MR) is 87.0 cm³/mol. The fourth-order valence-corrected chi connectivity index (χ4v) is 2.34. The summed E-state index contributed by atoms with van der Waals surface area (Å²) in [5.74, 6) is 0. The SMILES string of the molecule is CCc1ccc(C(C)NCc2ccc(C)c(C)c2)cc1. The minimum Gasteiger partial charge on any atom is -0.306 e. The number of benzene rings is 2. The topological polar surface area (TPSA) is 12.0 Å². The first-order valence-electron chi connectivity index (χ1n) is 7.48. The molecule has 2 aromatic carbocycles. The number of hydrogen-bond donors (Lipinski definition) is 1. The third-order valence-electron chi connectivity index (χ3n) is 4.07. The molecule has 1 heteroatoms. The molecule has 1 unspecified atom stereocenters. The van der Waals surface area contributed by atoms with E-state index in [2.05, 4.69) is 75.5 Å². The van der Waals surface area contributed by atoms with Gasteiger partial charge in [0.05, 0.1) is 0 Å². The van der Waals surface area contributed by atoms with Crippen LogP contribution in [0, 0.1) is 13.8 Å². The normalized spacial score (nSPS) is 12.4. The Kier molecular flexibility index (Phi) is 4.97. The van der Waals surface area contributed by atoms with Crippen molar-refractivity contribution < 1.29 is 0 Å². The molecule has 0 spiro atoms. The van der Waals surface area contributed by atoms with Crippen LogP contribution in [-0.4, -0.2) is 0 Å². The zero-order valence-electron chi connectivity index (χ0n) is 13.0. The molecule has 1 atom stereocenters. The highest BCUT2D eigenvalue weighted by Gasteiger charge is 2.05. The largest absolute Gasteiger partial charge is 0.306 e. The Labute approximate surface area is 123 Å². The Bertz CT molecular complexity index is 554. The van der Waals surface area contributed by atoms with Gasteiger partial charge in [0.2, 0.25) is 0 Å². The lowest BCUT2D eigenvalue weighted by Crippen LogP contribution is -2.18. The molecule has 0 radical (unpaired) electrons. The van der Waals surface area contributed by atoms with Crippen molar-refractivity contribution in [1.29, 1.82) is 0 Å². The first-order chi connectivity index (χ1) is 9.60. The Hall–Kier alpha value is -1.60. The molecule has 0 saturated heterocycles. The van der Waals surface area contributed by atoms with Gasteiger partial charge >= 0.3 is 0 Å². The van der Waals surface area contributed by atoms with Gasteiger partial charge in [0.1, 0.15) is 0 Å². The van der Waals surface area contributed by atoms with Gasteiger partial charge in [-0.1, -0.05) is 49.4 Å². The molecule has 0 saturated carbocycles. The first kappa shape index (κ1) is 14.8. The van der Waals surface area contributed by atoms with Crippen molar-refractivity contribution in [2.75, 3.05) is 0 Å². The van der Waals surface area contributed by atoms with Crippen LogP contribution < -0.4 is 5.32 Å². The van der Waals surface area contributed by atoms with E-state index in [9.17, 15) is 0 Å². The third-order valence-corrected chi connectivity index (χ3v) is 4.07. The third kappa shape index (κ3) is 3.71. The van der Waals surface area contributed by atoms with Crippen molar-refractivity contribution in [2.24, 2.45) is 0 Å². The molecule has 0 aliphatic rings. The Morgan fingerprint density at radius 2 is 1.55 bits per heavy atom. The summed E-state index contributed by atoms with van der Waals surface area (Å²) in [6.07, 6.45) is 1.10. The van der Waals surface area contributed by atoms with Crippen LogP contribution in [0.4, 0.5) is 0 Å². The van der Waals surface area contributed by atoms with Crippen LogP contribution >= 0.6 is 0 Å². The molecule has 2 aromatic rings. The van der Waals surface area contributed by atoms with Crippen LogP contribution in [-0.2, 0) is 13.0 Å². The molecule has 0 fully saturated rings. The van der Waals surface area contributed by atoms with E-state index >= 15 is 0 Å². The summed E-state index contributed by atoms with van der Waals surface area (Å²) in [4.78, 5) is 0. The van der Waals surface area contributed by atoms with Crippen LogP contribution in [0.3, 0.4) is 0 Å². The van der Waals surface area contributed by atoms with Crippen LogP contribution in [0.2, 0.25) is 0 Å². The molecule has 0 amide bonds. The minimum atomic E-state index is 0.377. The monoisotopic (exact) mass is 267 g/mol. The van der Waals surface area contributed by atoms with Crippen LogP contribution in [0.1, 0.15) is 47.7 Å². The molecular formula is C19H25N. The van der Waals surface area contributed by atoms with E-state index in [-0.39, 0.29) is 0 Å². The lowest BCUT2D eigenvalue weighted by atomic mass is 10.0. The summed E-state index contributed by atoms with van der Waals surface area (Å²) in [5.41, 5.74) is 6.83. The number of rotatable bonds is 5. The van der Waals surface area contributed by atoms with Gasteiger partial charge in [-0.15, -0.1) is 0 Å². The zero-order valence-corrected chi connectivity index (χ0v) is 13.0. The van der Waals surface area contributed by atoms with E-state index in [4.69, 9.17) is 0 Å². The summed E-state index contributed by atoms with van der Waals surface area (Å²) in [7, 11) is 0. The van der Waals surface area contributed by atoms with E-state index in [1.165, 1.54) is 27.8 Å². The quantitative estimate of drug-likeness (QED) is 0.826. The van der Waals surface area contributed by atoms with E-state index in [0.29, 0.717) is 6.04 Å². The first-order valence-corrected chi connectivity index (χ1v) is 7.48. The molecule has 0 bridgehead atoms. The van der Waals surface area contributed by atoms with Gasteiger partial charge in [-0.3, -0.25) is 0 Å². The minimum absolute atomic E-state index is 0.377. The van der Waals surface area contributed by atoms with Crippen molar-refractivity contribution in [3.05, 3.63) is 70.3 Å². The molecule has 0 heterocycles. The summed E-state index contributed by atoms with van der Waals surface area (Å²) in [6, 6.07) is 16.0. The van der Waals surface area contributed by atoms with Gasteiger partial charge in [-0.05, 0) is 55.0 Å². The molecule has 106 valence electrons. The lowest BCUT2D eigenvalue weighted by molar-refractivity contribution is 0.574. The second-order valence-corrected chi connectivity index (χ2v) is 5.62. The van der Waals surface area contributed by atoms with Gasteiger partial charge in [-0.2, -0.15) is 0 Å². The molecule has 20 heavy (non-hydrogen) atoms. The summed E-state index contributed by atoms with van der Waals surface area (Å²) in [6.45, 7) is 9.66. The summed E-state index contributed by atoms with van der Waals surface area (Å²) in [5, 5.41) is 3.60. The Balaban J connectivity index is 1.96. The van der Waals surface area contributed by atoms with E-state index < -0.39 is 0 Å². The molecule has 0 aliphatic heterocycles. The van der Waals surface area contributed by atoms with Crippen molar-refractivity contribution >= 4 is 0 Å². The fourth-order valence-electron chi connectivity index (χ4n) is 2.34. The van der Waals surface area contributed by atoms with Crippen molar-refractivity contribution in [2.45, 2.75) is 46.7 Å². The Morgan fingerprint density at radius 3 is 2.15 bits per heavy atom. The number of hydrogen-bond acceptors (Lipinski definition) is 1. The molecule has 0 aromatic heterocycles. The molecule has 1 nitrogen and oxygen atoms in total. The zero-order chi connectivity index (χ0) is 14.5. The molecule has 1 N–H and O–H groups in total. The maximum atomic E-state index is 3.60. The smallest absolute Gasteiger partial charge is 0.0294 e. The van der Waals surface area contributed by atoms with Gasteiger partial charge in [0.25, 0.3) is 0 Å². The van der Waals surface area contributed by atoms with E-state index in [1.807, 2.05) is 0 Å². The number of aryl methyl sites for hydroxylation is 3. The van der Waals surface area contributed by atoms with Crippen molar-refractivity contribution in [3.63, 3.8) is 0 Å². The molecule has 0 aliphatic carbocycles. The van der Waals surface area contributed by atoms with Gasteiger partial charge in [0, 0.05) is 12.6 Å². The molecule has 2 rings (SSSR count). The van der Waals surface area contributed by atoms with Crippen LogP contribution in [0.5, 0.6) is 0 Å². The highest BCUT2D eigenvalue weighted by atomic mass is 14.9. The highest BCUT2D eigenvalue weighted by Crippen LogP contribution is 2.15. The second kappa shape index (κ2) is 6.71. The average molecular weight is 267 g/mol. The lowest BCUT2D eigenvalue weighted by Gasteiger charge is -2.15. The maximum absolute atomic E-state index is 3.60. The van der Waals surface area contributed by atoms with Crippen molar-refractivity contribution in [3.8, 4) is 0 Å². The fraction of sp³-hybridized carbons (Fsp3) is 0.368. The molecular weight excluding hydrogens is 242 g/mol. The van der Waals surface area contributed by atoms with Gasteiger partial charge in [-0.25, -0.2) is 0 Å². The van der Waals surface area contributed by atoms with Crippen molar-refractivity contribution in [1.82, 2.24) is 5.32 Å². The van der Waals surface area contributed by atoms with E-state index in [1.54, 1.807) is 0 Å². The van der Waals surface area contributed by atoms with E-state index in [0.717, 1.165) is 13.0 Å². The highest BCUT2D eigenvalue weighted by molar-refractivity contribution is 5.30. The van der Waals surface area contributed by atoms with Crippen LogP contribution in [0.15, 0.2) is 42.5 Å².